The van der Waals surface area contributed by atoms with Crippen LogP contribution in [0.2, 0.25) is 0 Å². The van der Waals surface area contributed by atoms with Gasteiger partial charge in [-0.1, -0.05) is 20.8 Å². The Bertz CT molecular complexity index is 436. The average Bonchev–Trinajstić information content (AvgIpc) is 2.86. The summed E-state index contributed by atoms with van der Waals surface area (Å²) in [5, 5.41) is 8.06. The largest absolute Gasteiger partial charge is 0.316 e. The van der Waals surface area contributed by atoms with Crippen LogP contribution in [0.3, 0.4) is 0 Å². The number of hydrogen-bond donors (Lipinski definition) is 1. The third-order valence-corrected chi connectivity index (χ3v) is 5.28. The molecule has 0 spiro atoms. The molecule has 0 aromatic carbocycles. The first-order valence-corrected chi connectivity index (χ1v) is 7.57. The summed E-state index contributed by atoms with van der Waals surface area (Å²) < 4.78 is 3.23. The molecule has 1 aliphatic carbocycles. The first kappa shape index (κ1) is 14.1. The molecule has 0 bridgehead atoms. The molecule has 1 aromatic rings. The molecule has 1 heterocycles. The number of nitrogens with zero attached hydrogens (tertiary/aromatic N) is 2. The summed E-state index contributed by atoms with van der Waals surface area (Å²) >= 11 is 3.71. The van der Waals surface area contributed by atoms with Crippen molar-refractivity contribution in [2.75, 3.05) is 7.05 Å². The fourth-order valence-electron chi connectivity index (χ4n) is 2.89. The highest BCUT2D eigenvalue weighted by Gasteiger charge is 2.49. The summed E-state index contributed by atoms with van der Waals surface area (Å²) in [6.07, 6.45) is 3.36. The topological polar surface area (TPSA) is 29.9 Å². The van der Waals surface area contributed by atoms with Gasteiger partial charge in [0, 0.05) is 19.5 Å². The normalized spacial score (nSPS) is 23.1. The Balaban J connectivity index is 2.15. The smallest absolute Gasteiger partial charge is 0.0766 e. The quantitative estimate of drug-likeness (QED) is 0.906. The third kappa shape index (κ3) is 2.50. The lowest BCUT2D eigenvalue weighted by Gasteiger charge is -2.18. The van der Waals surface area contributed by atoms with Crippen LogP contribution < -0.4 is 5.32 Å². The Morgan fingerprint density at radius 2 is 2.17 bits per heavy atom. The number of hydrogen-bond acceptors (Lipinski definition) is 2. The Morgan fingerprint density at radius 1 is 1.56 bits per heavy atom. The van der Waals surface area contributed by atoms with Gasteiger partial charge in [-0.15, -0.1) is 0 Å². The maximum atomic E-state index is 4.57. The summed E-state index contributed by atoms with van der Waals surface area (Å²) in [4.78, 5) is 0. The van der Waals surface area contributed by atoms with E-state index < -0.39 is 0 Å². The molecule has 2 rings (SSSR count). The zero-order chi connectivity index (χ0) is 13.5. The minimum Gasteiger partial charge on any atom is -0.316 e. The van der Waals surface area contributed by atoms with Crippen LogP contribution in [0.5, 0.6) is 0 Å². The minimum atomic E-state index is 0.506. The fourth-order valence-corrected chi connectivity index (χ4v) is 3.67. The first-order valence-electron chi connectivity index (χ1n) is 6.78. The zero-order valence-electron chi connectivity index (χ0n) is 12.0. The zero-order valence-corrected chi connectivity index (χ0v) is 13.6. The van der Waals surface area contributed by atoms with Crippen LogP contribution in [0.1, 0.15) is 38.6 Å². The van der Waals surface area contributed by atoms with Crippen molar-refractivity contribution in [2.24, 2.45) is 18.4 Å². The monoisotopic (exact) mass is 313 g/mol. The molecular formula is C14H24BrN3. The van der Waals surface area contributed by atoms with Crippen molar-refractivity contribution < 1.29 is 0 Å². The second-order valence-electron chi connectivity index (χ2n) is 6.08. The van der Waals surface area contributed by atoms with Crippen LogP contribution in [-0.2, 0) is 19.9 Å². The van der Waals surface area contributed by atoms with E-state index in [9.17, 15) is 0 Å². The van der Waals surface area contributed by atoms with E-state index in [1.54, 1.807) is 0 Å². The Labute approximate surface area is 118 Å². The lowest BCUT2D eigenvalue weighted by Crippen LogP contribution is -2.32. The van der Waals surface area contributed by atoms with Gasteiger partial charge in [-0.25, -0.2) is 0 Å². The van der Waals surface area contributed by atoms with Crippen LogP contribution in [0, 0.1) is 11.3 Å². The van der Waals surface area contributed by atoms with E-state index in [4.69, 9.17) is 0 Å². The maximum absolute atomic E-state index is 4.57. The van der Waals surface area contributed by atoms with Gasteiger partial charge in [-0.2, -0.15) is 5.10 Å². The van der Waals surface area contributed by atoms with Crippen LogP contribution in [0.25, 0.3) is 0 Å². The fraction of sp³-hybridized carbons (Fsp3) is 0.786. The second kappa shape index (κ2) is 4.97. The van der Waals surface area contributed by atoms with Crippen molar-refractivity contribution in [3.63, 3.8) is 0 Å². The van der Waals surface area contributed by atoms with Gasteiger partial charge in [0.1, 0.15) is 0 Å². The molecule has 18 heavy (non-hydrogen) atoms. The van der Waals surface area contributed by atoms with Crippen molar-refractivity contribution in [2.45, 2.75) is 46.1 Å². The SMILES string of the molecule is CCc1nn(C)c(CC(NC)C2CC2(C)C)c1Br. The standard InChI is InChI=1S/C14H24BrN3/c1-6-10-13(15)12(18(5)17-10)7-11(16-4)9-8-14(9,2)3/h9,11,16H,6-8H2,1-5H3. The predicted octanol–water partition coefficient (Wildman–Crippen LogP) is 2.92. The molecule has 1 N–H and O–H groups in total. The number of likely N-dealkylation sites (N-methyl/N-ethyl adjacent to an activating group) is 1. The van der Waals surface area contributed by atoms with E-state index in [1.165, 1.54) is 16.6 Å². The lowest BCUT2D eigenvalue weighted by atomic mass is 10.00. The van der Waals surface area contributed by atoms with Gasteiger partial charge in [-0.05, 0) is 47.2 Å². The first-order chi connectivity index (χ1) is 8.40. The number of rotatable bonds is 5. The van der Waals surface area contributed by atoms with E-state index in [0.717, 1.165) is 24.5 Å². The summed E-state index contributed by atoms with van der Waals surface area (Å²) in [5.74, 6) is 0.786. The molecule has 1 aliphatic rings. The van der Waals surface area contributed by atoms with Crippen molar-refractivity contribution in [3.05, 3.63) is 15.9 Å². The van der Waals surface area contributed by atoms with Gasteiger partial charge in [-0.3, -0.25) is 4.68 Å². The van der Waals surface area contributed by atoms with E-state index in [0.29, 0.717) is 11.5 Å². The van der Waals surface area contributed by atoms with Crippen molar-refractivity contribution in [3.8, 4) is 0 Å². The highest BCUT2D eigenvalue weighted by molar-refractivity contribution is 9.10. The van der Waals surface area contributed by atoms with Crippen LogP contribution in [0.4, 0.5) is 0 Å². The molecule has 0 aliphatic heterocycles. The number of halogens is 1. The van der Waals surface area contributed by atoms with Gasteiger partial charge in [0.2, 0.25) is 0 Å². The Kier molecular flexibility index (Phi) is 3.88. The molecule has 3 nitrogen and oxygen atoms in total. The molecule has 4 heteroatoms. The van der Waals surface area contributed by atoms with Gasteiger partial charge in [0.15, 0.2) is 0 Å². The average molecular weight is 314 g/mol. The third-order valence-electron chi connectivity index (χ3n) is 4.36. The molecule has 1 aromatic heterocycles. The van der Waals surface area contributed by atoms with E-state index in [1.807, 2.05) is 11.7 Å². The Morgan fingerprint density at radius 3 is 2.56 bits per heavy atom. The number of aryl methyl sites for hydroxylation is 2. The number of nitrogens with one attached hydrogen (secondary N) is 1. The molecule has 2 unspecified atom stereocenters. The van der Waals surface area contributed by atoms with Gasteiger partial charge in [0.05, 0.1) is 15.9 Å². The molecule has 1 saturated carbocycles. The van der Waals surface area contributed by atoms with E-state index in [-0.39, 0.29) is 0 Å². The van der Waals surface area contributed by atoms with Crippen LogP contribution >= 0.6 is 15.9 Å². The van der Waals surface area contributed by atoms with Crippen molar-refractivity contribution in [1.29, 1.82) is 0 Å². The van der Waals surface area contributed by atoms with Crippen molar-refractivity contribution in [1.82, 2.24) is 15.1 Å². The Hall–Kier alpha value is -0.350. The van der Waals surface area contributed by atoms with Gasteiger partial charge >= 0.3 is 0 Å². The molecule has 0 amide bonds. The molecule has 102 valence electrons. The summed E-state index contributed by atoms with van der Waals surface area (Å²) in [6, 6.07) is 0.552. The molecule has 0 radical (unpaired) electrons. The highest BCUT2D eigenvalue weighted by atomic mass is 79.9. The number of aromatic nitrogens is 2. The molecule has 0 saturated heterocycles. The highest BCUT2D eigenvalue weighted by Crippen LogP contribution is 2.54. The van der Waals surface area contributed by atoms with Gasteiger partial charge in [0.25, 0.3) is 0 Å². The summed E-state index contributed by atoms with van der Waals surface area (Å²) in [6.45, 7) is 6.87. The second-order valence-corrected chi connectivity index (χ2v) is 6.88. The van der Waals surface area contributed by atoms with E-state index in [2.05, 4.69) is 54.2 Å². The predicted molar refractivity (Wildman–Crippen MR) is 78.7 cm³/mol. The summed E-state index contributed by atoms with van der Waals surface area (Å²) in [7, 11) is 4.12. The lowest BCUT2D eigenvalue weighted by molar-refractivity contribution is 0.418. The molecule has 1 fully saturated rings. The molecular weight excluding hydrogens is 290 g/mol. The van der Waals surface area contributed by atoms with Crippen LogP contribution in [0.15, 0.2) is 4.47 Å². The van der Waals surface area contributed by atoms with Crippen LogP contribution in [-0.4, -0.2) is 22.9 Å². The molecule has 2 atom stereocenters. The summed E-state index contributed by atoms with van der Waals surface area (Å²) in [5.41, 5.74) is 2.98. The maximum Gasteiger partial charge on any atom is 0.0766 e. The minimum absolute atomic E-state index is 0.506. The van der Waals surface area contributed by atoms with Crippen molar-refractivity contribution >= 4 is 15.9 Å². The van der Waals surface area contributed by atoms with Gasteiger partial charge < -0.3 is 5.32 Å². The van der Waals surface area contributed by atoms with E-state index >= 15 is 0 Å².